The van der Waals surface area contributed by atoms with Crippen LogP contribution in [0.25, 0.3) is 11.1 Å². The molecular weight excluding hydrogens is 202 g/mol. The van der Waals surface area contributed by atoms with Gasteiger partial charge < -0.3 is 15.5 Å². The molecule has 0 bridgehead atoms. The minimum Gasteiger partial charge on any atom is -0.424 e. The van der Waals surface area contributed by atoms with E-state index in [-0.39, 0.29) is 0 Å². The summed E-state index contributed by atoms with van der Waals surface area (Å²) in [5.41, 5.74) is 7.17. The van der Waals surface area contributed by atoms with Gasteiger partial charge in [-0.15, -0.1) is 0 Å². The van der Waals surface area contributed by atoms with Gasteiger partial charge in [0.25, 0.3) is 6.01 Å². The van der Waals surface area contributed by atoms with Crippen molar-refractivity contribution in [1.82, 2.24) is 4.98 Å². The third-order valence-corrected chi connectivity index (χ3v) is 2.51. The molecule has 0 spiro atoms. The van der Waals surface area contributed by atoms with E-state index in [4.69, 9.17) is 10.2 Å². The average Bonchev–Trinajstić information content (AvgIpc) is 2.68. The van der Waals surface area contributed by atoms with Crippen molar-refractivity contribution in [3.8, 4) is 0 Å². The summed E-state index contributed by atoms with van der Waals surface area (Å²) in [6.45, 7) is 2.82. The lowest BCUT2D eigenvalue weighted by atomic mass is 10.2. The zero-order chi connectivity index (χ0) is 11.4. The summed E-state index contributed by atoms with van der Waals surface area (Å²) in [6.07, 6.45) is 2.03. The molecule has 1 atom stereocenters. The van der Waals surface area contributed by atoms with E-state index in [1.54, 1.807) is 0 Å². The lowest BCUT2D eigenvalue weighted by molar-refractivity contribution is 0.582. The van der Waals surface area contributed by atoms with Crippen molar-refractivity contribution in [3.05, 3.63) is 24.3 Å². The van der Waals surface area contributed by atoms with Gasteiger partial charge in [0, 0.05) is 6.04 Å². The fraction of sp³-hybridized carbons (Fsp3) is 0.417. The summed E-state index contributed by atoms with van der Waals surface area (Å²) in [5.74, 6) is 0. The lowest BCUT2D eigenvalue weighted by Gasteiger charge is -2.10. The van der Waals surface area contributed by atoms with Gasteiger partial charge in [-0.25, -0.2) is 0 Å². The fourth-order valence-electron chi connectivity index (χ4n) is 1.64. The van der Waals surface area contributed by atoms with Crippen LogP contribution in [-0.4, -0.2) is 17.6 Å². The molecule has 1 heterocycles. The zero-order valence-electron chi connectivity index (χ0n) is 9.44. The summed E-state index contributed by atoms with van der Waals surface area (Å²) in [5, 5.41) is 3.23. The molecule has 0 aliphatic rings. The molecule has 0 aliphatic carbocycles. The van der Waals surface area contributed by atoms with Gasteiger partial charge in [-0.2, -0.15) is 4.98 Å². The summed E-state index contributed by atoms with van der Waals surface area (Å²) >= 11 is 0. The monoisotopic (exact) mass is 219 g/mol. The standard InChI is InChI=1S/C12H17N3O/c1-9(5-4-8-13)14-12-15-10-6-2-3-7-11(10)16-12/h2-3,6-7,9H,4-5,8,13H2,1H3,(H,14,15). The first-order valence-electron chi connectivity index (χ1n) is 5.62. The molecule has 1 aromatic carbocycles. The maximum absolute atomic E-state index is 5.57. The number of oxazole rings is 1. The smallest absolute Gasteiger partial charge is 0.295 e. The van der Waals surface area contributed by atoms with Crippen LogP contribution in [-0.2, 0) is 0 Å². The third-order valence-electron chi connectivity index (χ3n) is 2.51. The molecule has 1 unspecified atom stereocenters. The van der Waals surface area contributed by atoms with Crippen LogP contribution in [0.15, 0.2) is 28.7 Å². The van der Waals surface area contributed by atoms with Gasteiger partial charge in [0.1, 0.15) is 5.52 Å². The number of nitrogens with one attached hydrogen (secondary N) is 1. The highest BCUT2D eigenvalue weighted by molar-refractivity contribution is 5.74. The van der Waals surface area contributed by atoms with Gasteiger partial charge in [0.05, 0.1) is 0 Å². The minimum absolute atomic E-state index is 0.330. The Bertz CT molecular complexity index is 419. The van der Waals surface area contributed by atoms with Gasteiger partial charge in [-0.3, -0.25) is 0 Å². The zero-order valence-corrected chi connectivity index (χ0v) is 9.44. The van der Waals surface area contributed by atoms with Crippen LogP contribution in [0.1, 0.15) is 19.8 Å². The molecule has 2 aromatic rings. The molecule has 2 rings (SSSR count). The average molecular weight is 219 g/mol. The maximum Gasteiger partial charge on any atom is 0.295 e. The van der Waals surface area contributed by atoms with Gasteiger partial charge in [-0.05, 0) is 38.4 Å². The Kier molecular flexibility index (Phi) is 3.41. The molecule has 1 aromatic heterocycles. The molecular formula is C12H17N3O. The van der Waals surface area contributed by atoms with Crippen molar-refractivity contribution >= 4 is 17.1 Å². The van der Waals surface area contributed by atoms with Crippen molar-refractivity contribution < 1.29 is 4.42 Å². The first-order valence-corrected chi connectivity index (χ1v) is 5.62. The van der Waals surface area contributed by atoms with E-state index in [1.807, 2.05) is 24.3 Å². The van der Waals surface area contributed by atoms with Gasteiger partial charge >= 0.3 is 0 Å². The van der Waals surface area contributed by atoms with E-state index in [2.05, 4.69) is 17.2 Å². The topological polar surface area (TPSA) is 64.1 Å². The molecule has 4 nitrogen and oxygen atoms in total. The predicted octanol–water partition coefficient (Wildman–Crippen LogP) is 2.37. The molecule has 86 valence electrons. The second-order valence-electron chi connectivity index (χ2n) is 3.96. The van der Waals surface area contributed by atoms with Crippen LogP contribution in [0.3, 0.4) is 0 Å². The second kappa shape index (κ2) is 4.99. The normalized spacial score (nSPS) is 12.9. The van der Waals surface area contributed by atoms with Crippen LogP contribution < -0.4 is 11.1 Å². The molecule has 0 saturated carbocycles. The predicted molar refractivity (Wildman–Crippen MR) is 65.4 cm³/mol. The maximum atomic E-state index is 5.57. The van der Waals surface area contributed by atoms with Crippen LogP contribution in [0, 0.1) is 0 Å². The molecule has 0 aliphatic heterocycles. The van der Waals surface area contributed by atoms with Crippen molar-refractivity contribution in [3.63, 3.8) is 0 Å². The Balaban J connectivity index is 2.03. The van der Waals surface area contributed by atoms with E-state index in [9.17, 15) is 0 Å². The molecule has 0 radical (unpaired) electrons. The molecule has 4 heteroatoms. The number of hydrogen-bond donors (Lipinski definition) is 2. The quantitative estimate of drug-likeness (QED) is 0.810. The highest BCUT2D eigenvalue weighted by Crippen LogP contribution is 2.19. The van der Waals surface area contributed by atoms with Crippen LogP contribution >= 0.6 is 0 Å². The Morgan fingerprint density at radius 1 is 1.44 bits per heavy atom. The Labute approximate surface area is 94.8 Å². The Morgan fingerprint density at radius 3 is 3.00 bits per heavy atom. The van der Waals surface area contributed by atoms with Crippen molar-refractivity contribution in [2.75, 3.05) is 11.9 Å². The van der Waals surface area contributed by atoms with E-state index < -0.39 is 0 Å². The van der Waals surface area contributed by atoms with Crippen LogP contribution in [0.2, 0.25) is 0 Å². The van der Waals surface area contributed by atoms with Gasteiger partial charge in [0.15, 0.2) is 5.58 Å². The molecule has 3 N–H and O–H groups in total. The van der Waals surface area contributed by atoms with Crippen LogP contribution in [0.5, 0.6) is 0 Å². The van der Waals surface area contributed by atoms with Crippen molar-refractivity contribution in [1.29, 1.82) is 0 Å². The lowest BCUT2D eigenvalue weighted by Crippen LogP contribution is -2.16. The van der Waals surface area contributed by atoms with Crippen LogP contribution in [0.4, 0.5) is 6.01 Å². The highest BCUT2D eigenvalue weighted by atomic mass is 16.4. The third kappa shape index (κ3) is 2.52. The van der Waals surface area contributed by atoms with E-state index in [1.165, 1.54) is 0 Å². The number of nitrogens with two attached hydrogens (primary N) is 1. The summed E-state index contributed by atoms with van der Waals surface area (Å²) < 4.78 is 5.57. The fourth-order valence-corrected chi connectivity index (χ4v) is 1.64. The summed E-state index contributed by atoms with van der Waals surface area (Å²) in [6, 6.07) is 8.66. The number of para-hydroxylation sites is 2. The number of rotatable bonds is 5. The molecule has 16 heavy (non-hydrogen) atoms. The number of aromatic nitrogens is 1. The van der Waals surface area contributed by atoms with E-state index in [0.29, 0.717) is 12.1 Å². The van der Waals surface area contributed by atoms with Gasteiger partial charge in [0.2, 0.25) is 0 Å². The van der Waals surface area contributed by atoms with Crippen molar-refractivity contribution in [2.45, 2.75) is 25.8 Å². The number of fused-ring (bicyclic) bond motifs is 1. The van der Waals surface area contributed by atoms with E-state index in [0.717, 1.165) is 30.5 Å². The summed E-state index contributed by atoms with van der Waals surface area (Å²) in [7, 11) is 0. The van der Waals surface area contributed by atoms with Gasteiger partial charge in [-0.1, -0.05) is 12.1 Å². The first kappa shape index (κ1) is 11.0. The number of anilines is 1. The minimum atomic E-state index is 0.330. The number of hydrogen-bond acceptors (Lipinski definition) is 4. The highest BCUT2D eigenvalue weighted by Gasteiger charge is 2.07. The molecule has 0 saturated heterocycles. The SMILES string of the molecule is CC(CCCN)Nc1nc2ccccc2o1. The number of nitrogens with zero attached hydrogens (tertiary/aromatic N) is 1. The van der Waals surface area contributed by atoms with Crippen molar-refractivity contribution in [2.24, 2.45) is 5.73 Å². The van der Waals surface area contributed by atoms with E-state index >= 15 is 0 Å². The molecule has 0 fully saturated rings. The molecule has 0 amide bonds. The summed E-state index contributed by atoms with van der Waals surface area (Å²) in [4.78, 5) is 4.35. The Hall–Kier alpha value is -1.55. The number of benzene rings is 1. The first-order chi connectivity index (χ1) is 7.79. The Morgan fingerprint density at radius 2 is 2.25 bits per heavy atom. The second-order valence-corrected chi connectivity index (χ2v) is 3.96. The largest absolute Gasteiger partial charge is 0.424 e.